The lowest BCUT2D eigenvalue weighted by Gasteiger charge is -2.60. The number of amides is 2. The van der Waals surface area contributed by atoms with Gasteiger partial charge in [-0.15, -0.1) is 0 Å². The van der Waals surface area contributed by atoms with Crippen molar-refractivity contribution in [3.05, 3.63) is 52.1 Å². The molecule has 4 N–H and O–H groups in total. The zero-order valence-electron chi connectivity index (χ0n) is 29.6. The van der Waals surface area contributed by atoms with Crippen molar-refractivity contribution >= 4 is 65.6 Å². The third-order valence-corrected chi connectivity index (χ3v) is 10.8. The number of alkyl halides is 3. The monoisotopic (exact) mass is 842 g/mol. The lowest BCUT2D eigenvalue weighted by atomic mass is 9.70. The zero-order chi connectivity index (χ0) is 40.1. The third-order valence-electron chi connectivity index (χ3n) is 10.1. The number of rotatable bonds is 9. The first kappa shape index (κ1) is 40.5. The SMILES string of the molecule is C=CCOC(=O)N[C@@H](CS)C(=O)OC[C@H]1c2c3c(c(C)c(O)c2C(O)[C@H]2[C@@H]4c5c(cc(C)c(OC)c5O)CC([C@H](C#N)N12)N4C(=O)OCC(Cl)(Cl)Cl)OCO3. The second kappa shape index (κ2) is 15.8. The summed E-state index contributed by atoms with van der Waals surface area (Å²) < 4.78 is 31.3. The van der Waals surface area contributed by atoms with Crippen LogP contribution in [0.5, 0.6) is 28.7 Å². The second-order valence-electron chi connectivity index (χ2n) is 13.2. The van der Waals surface area contributed by atoms with Crippen LogP contribution in [0.1, 0.15) is 51.6 Å². The second-order valence-corrected chi connectivity index (χ2v) is 16.1. The van der Waals surface area contributed by atoms with Crippen molar-refractivity contribution in [1.29, 1.82) is 5.26 Å². The number of nitriles is 1. The van der Waals surface area contributed by atoms with Gasteiger partial charge in [0.15, 0.2) is 23.0 Å². The molecular formula is C35H37Cl3N4O12S. The molecule has 0 aromatic heterocycles. The van der Waals surface area contributed by atoms with Gasteiger partial charge in [0, 0.05) is 28.0 Å². The first-order chi connectivity index (χ1) is 26.1. The maximum absolute atomic E-state index is 14.1. The van der Waals surface area contributed by atoms with Gasteiger partial charge in [0.2, 0.25) is 10.6 Å². The number of nitrogens with one attached hydrogen (secondary N) is 1. The summed E-state index contributed by atoms with van der Waals surface area (Å²) in [6.45, 7) is 5.17. The quantitative estimate of drug-likeness (QED) is 0.0783. The number of hydrogen-bond donors (Lipinski definition) is 5. The van der Waals surface area contributed by atoms with Crippen molar-refractivity contribution in [3.63, 3.8) is 0 Å². The number of ether oxygens (including phenoxy) is 6. The summed E-state index contributed by atoms with van der Waals surface area (Å²) in [4.78, 5) is 42.7. The summed E-state index contributed by atoms with van der Waals surface area (Å²) in [5.74, 6) is -1.44. The Morgan fingerprint density at radius 3 is 2.49 bits per heavy atom. The average Bonchev–Trinajstić information content (AvgIpc) is 3.63. The van der Waals surface area contributed by atoms with Crippen LogP contribution in [0.4, 0.5) is 9.59 Å². The smallest absolute Gasteiger partial charge is 0.410 e. The summed E-state index contributed by atoms with van der Waals surface area (Å²) in [5, 5.41) is 49.4. The number of fused-ring (bicyclic) bond motifs is 9. The highest BCUT2D eigenvalue weighted by atomic mass is 35.6. The molecule has 0 radical (unpaired) electrons. The molecule has 1 saturated heterocycles. The third kappa shape index (κ3) is 7.08. The van der Waals surface area contributed by atoms with Crippen molar-refractivity contribution < 1.29 is 58.1 Å². The van der Waals surface area contributed by atoms with Crippen molar-refractivity contribution in [2.45, 2.75) is 66.4 Å². The van der Waals surface area contributed by atoms with Crippen molar-refractivity contribution in [2.24, 2.45) is 0 Å². The molecule has 2 amide bonds. The van der Waals surface area contributed by atoms with Crippen molar-refractivity contribution in [2.75, 3.05) is 39.5 Å². The Kier molecular flexibility index (Phi) is 11.6. The van der Waals surface area contributed by atoms with Crippen LogP contribution in [0.15, 0.2) is 18.7 Å². The Morgan fingerprint density at radius 2 is 1.85 bits per heavy atom. The van der Waals surface area contributed by atoms with Gasteiger partial charge >= 0.3 is 18.2 Å². The molecule has 2 aromatic rings. The van der Waals surface area contributed by atoms with Gasteiger partial charge in [-0.3, -0.25) is 9.80 Å². The Labute approximate surface area is 335 Å². The summed E-state index contributed by atoms with van der Waals surface area (Å²) in [7, 11) is 1.36. The van der Waals surface area contributed by atoms with E-state index in [0.29, 0.717) is 11.1 Å². The highest BCUT2D eigenvalue weighted by Crippen LogP contribution is 2.61. The van der Waals surface area contributed by atoms with E-state index in [2.05, 4.69) is 30.6 Å². The lowest BCUT2D eigenvalue weighted by Crippen LogP contribution is -2.71. The largest absolute Gasteiger partial charge is 0.507 e. The van der Waals surface area contributed by atoms with E-state index in [9.17, 15) is 35.0 Å². The molecule has 20 heteroatoms. The first-order valence-corrected chi connectivity index (χ1v) is 18.6. The Balaban J connectivity index is 1.54. The van der Waals surface area contributed by atoms with Gasteiger partial charge in [-0.2, -0.15) is 17.9 Å². The minimum absolute atomic E-state index is 0.000659. The molecule has 4 aliphatic rings. The van der Waals surface area contributed by atoms with Crippen LogP contribution >= 0.6 is 47.4 Å². The predicted octanol–water partition coefficient (Wildman–Crippen LogP) is 4.35. The summed E-state index contributed by atoms with van der Waals surface area (Å²) in [5.41, 5.74) is 1.61. The number of esters is 1. The minimum atomic E-state index is -2.01. The van der Waals surface area contributed by atoms with Crippen molar-refractivity contribution in [1.82, 2.24) is 15.1 Å². The first-order valence-electron chi connectivity index (χ1n) is 16.8. The fourth-order valence-electron chi connectivity index (χ4n) is 7.99. The van der Waals surface area contributed by atoms with Crippen molar-refractivity contribution in [3.8, 4) is 34.8 Å². The van der Waals surface area contributed by atoms with Crippen LogP contribution in [0.25, 0.3) is 0 Å². The van der Waals surface area contributed by atoms with Gasteiger partial charge < -0.3 is 49.1 Å². The molecular weight excluding hydrogens is 807 g/mol. The molecule has 2 bridgehead atoms. The number of aliphatic hydroxyl groups is 1. The van der Waals surface area contributed by atoms with Gasteiger partial charge in [0.1, 0.15) is 43.8 Å². The number of halogens is 3. The van der Waals surface area contributed by atoms with Gasteiger partial charge in [0.25, 0.3) is 0 Å². The summed E-state index contributed by atoms with van der Waals surface area (Å²) >= 11 is 22.0. The topological polar surface area (TPSA) is 210 Å². The van der Waals surface area contributed by atoms with E-state index >= 15 is 0 Å². The number of carbonyl (C=O) groups excluding carboxylic acids is 3. The van der Waals surface area contributed by atoms with E-state index in [-0.39, 0.29) is 76.6 Å². The maximum Gasteiger partial charge on any atom is 0.410 e. The number of piperazine rings is 1. The van der Waals surface area contributed by atoms with Gasteiger partial charge in [0.05, 0.1) is 37.3 Å². The fourth-order valence-corrected chi connectivity index (χ4v) is 8.39. The molecule has 1 fully saturated rings. The van der Waals surface area contributed by atoms with Crippen LogP contribution < -0.4 is 19.5 Å². The number of nitrogens with zero attached hydrogens (tertiary/aromatic N) is 3. The molecule has 2 unspecified atom stereocenters. The van der Waals surface area contributed by atoms with E-state index in [1.807, 2.05) is 0 Å². The van der Waals surface area contributed by atoms with Crippen LogP contribution in [0.2, 0.25) is 0 Å². The number of carbonyl (C=O) groups is 3. The molecule has 2 aromatic carbocycles. The predicted molar refractivity (Wildman–Crippen MR) is 198 cm³/mol. The molecule has 0 saturated carbocycles. The molecule has 6 rings (SSSR count). The lowest BCUT2D eigenvalue weighted by molar-refractivity contribution is -0.155. The van der Waals surface area contributed by atoms with E-state index in [1.165, 1.54) is 18.1 Å². The molecule has 0 aliphatic carbocycles. The van der Waals surface area contributed by atoms with E-state index < -0.39 is 77.5 Å². The number of benzene rings is 2. The molecule has 0 spiro atoms. The number of aliphatic hydroxyl groups excluding tert-OH is 1. The van der Waals surface area contributed by atoms with E-state index in [1.54, 1.807) is 24.8 Å². The number of phenols is 2. The van der Waals surface area contributed by atoms with Crippen LogP contribution in [-0.4, -0.2) is 111 Å². The van der Waals surface area contributed by atoms with Gasteiger partial charge in [-0.05, 0) is 31.4 Å². The molecule has 16 nitrogen and oxygen atoms in total. The minimum Gasteiger partial charge on any atom is -0.507 e. The molecule has 7 atom stereocenters. The van der Waals surface area contributed by atoms with Crippen LogP contribution in [-0.2, 0) is 25.4 Å². The number of aromatic hydroxyl groups is 2. The van der Waals surface area contributed by atoms with E-state index in [0.717, 1.165) is 0 Å². The zero-order valence-corrected chi connectivity index (χ0v) is 32.7. The van der Waals surface area contributed by atoms with Crippen LogP contribution in [0, 0.1) is 25.2 Å². The standard InChI is InChI=1S/C35H37Cl3N4O12S/c1-5-6-50-33(47)40-17(11-55)32(46)51-10-20-22-23(26(43)15(3)30-31(22)54-13-53-30)27(44)25-24-21-16(7-14(2)29(49-4)28(21)45)8-18(19(9-39)41(20)25)42(24)34(48)52-12-35(36,37)38/h5,7,17-20,24-25,27,43-45,55H,1,6,8,10-13H2,2-4H3,(H,40,47)/t17-,18?,19-,20-,24-,25+,27?/m0/s1. The number of thiol groups is 1. The van der Waals surface area contributed by atoms with Gasteiger partial charge in [-0.25, -0.2) is 14.4 Å². The Morgan fingerprint density at radius 1 is 1.15 bits per heavy atom. The van der Waals surface area contributed by atoms with Gasteiger partial charge in [-0.1, -0.05) is 53.5 Å². The number of alkyl carbamates (subject to hydrolysis) is 1. The average molecular weight is 844 g/mol. The number of phenolic OH excluding ortho intramolecular Hbond substituents is 2. The highest BCUT2D eigenvalue weighted by Gasteiger charge is 2.62. The molecule has 55 heavy (non-hydrogen) atoms. The Bertz CT molecular complexity index is 1960. The van der Waals surface area contributed by atoms with E-state index in [4.69, 9.17) is 63.2 Å². The number of methoxy groups -OCH3 is 1. The summed E-state index contributed by atoms with van der Waals surface area (Å²) in [6.07, 6.45) is -2.31. The molecule has 4 heterocycles. The maximum atomic E-state index is 14.1. The fraction of sp³-hybridized carbons (Fsp3) is 0.486. The van der Waals surface area contributed by atoms with Crippen LogP contribution in [0.3, 0.4) is 0 Å². The molecule has 296 valence electrons. The highest BCUT2D eigenvalue weighted by molar-refractivity contribution is 7.80. The molecule has 4 aliphatic heterocycles. The summed E-state index contributed by atoms with van der Waals surface area (Å²) in [6, 6.07) is -3.40. The number of hydrogen-bond acceptors (Lipinski definition) is 15. The Hall–Kier alpha value is -4.18. The number of aryl methyl sites for hydroxylation is 1. The normalized spacial score (nSPS) is 23.9.